The van der Waals surface area contributed by atoms with E-state index >= 15 is 0 Å². The van der Waals surface area contributed by atoms with Gasteiger partial charge in [0.1, 0.15) is 5.75 Å². The molecule has 0 spiro atoms. The monoisotopic (exact) mass is 271 g/mol. The Morgan fingerprint density at radius 1 is 1.47 bits per heavy atom. The average Bonchev–Trinajstić information content (AvgIpc) is 2.17. The molecule has 0 amide bonds. The van der Waals surface area contributed by atoms with Gasteiger partial charge in [0.15, 0.2) is 0 Å². The maximum Gasteiger partial charge on any atom is 0.125 e. The molecule has 3 heteroatoms. The molecule has 1 aromatic rings. The lowest BCUT2D eigenvalue weighted by molar-refractivity contribution is 0.404. The van der Waals surface area contributed by atoms with Gasteiger partial charge in [-0.3, -0.25) is 0 Å². The van der Waals surface area contributed by atoms with E-state index in [9.17, 15) is 0 Å². The van der Waals surface area contributed by atoms with Crippen molar-refractivity contribution in [3.63, 3.8) is 0 Å². The SMILES string of the molecule is CCC(N)Cc1cc(Br)cc(C)c1OC. The van der Waals surface area contributed by atoms with Gasteiger partial charge in [-0.25, -0.2) is 0 Å². The zero-order valence-corrected chi connectivity index (χ0v) is 11.1. The predicted molar refractivity (Wildman–Crippen MR) is 67.4 cm³/mol. The van der Waals surface area contributed by atoms with Crippen LogP contribution in [0.15, 0.2) is 16.6 Å². The fraction of sp³-hybridized carbons (Fsp3) is 0.500. The van der Waals surface area contributed by atoms with Gasteiger partial charge in [0.25, 0.3) is 0 Å². The van der Waals surface area contributed by atoms with Crippen LogP contribution in [0, 0.1) is 6.92 Å². The van der Waals surface area contributed by atoms with Gasteiger partial charge in [-0.1, -0.05) is 22.9 Å². The summed E-state index contributed by atoms with van der Waals surface area (Å²) in [6.07, 6.45) is 1.84. The number of benzene rings is 1. The van der Waals surface area contributed by atoms with E-state index in [1.807, 2.05) is 6.92 Å². The normalized spacial score (nSPS) is 12.6. The van der Waals surface area contributed by atoms with Crippen LogP contribution in [0.4, 0.5) is 0 Å². The molecule has 0 heterocycles. The predicted octanol–water partition coefficient (Wildman–Crippen LogP) is 3.05. The van der Waals surface area contributed by atoms with Crippen molar-refractivity contribution in [3.8, 4) is 5.75 Å². The van der Waals surface area contributed by atoms with E-state index in [0.717, 1.165) is 28.6 Å². The molecular formula is C12H18BrNO. The molecular weight excluding hydrogens is 254 g/mol. The van der Waals surface area contributed by atoms with Crippen molar-refractivity contribution >= 4 is 15.9 Å². The second-order valence-corrected chi connectivity index (χ2v) is 4.70. The Labute approximate surface area is 99.9 Å². The highest BCUT2D eigenvalue weighted by molar-refractivity contribution is 9.10. The summed E-state index contributed by atoms with van der Waals surface area (Å²) in [4.78, 5) is 0. The first-order valence-electron chi connectivity index (χ1n) is 5.17. The minimum absolute atomic E-state index is 0.201. The van der Waals surface area contributed by atoms with E-state index in [0.29, 0.717) is 0 Å². The Bertz CT molecular complexity index is 339. The van der Waals surface area contributed by atoms with Crippen LogP contribution < -0.4 is 10.5 Å². The number of hydrogen-bond acceptors (Lipinski definition) is 2. The van der Waals surface area contributed by atoms with Crippen LogP contribution in [0.25, 0.3) is 0 Å². The third-order valence-corrected chi connectivity index (χ3v) is 2.98. The minimum Gasteiger partial charge on any atom is -0.496 e. The molecule has 1 aromatic carbocycles. The van der Waals surface area contributed by atoms with E-state index in [-0.39, 0.29) is 6.04 Å². The second-order valence-electron chi connectivity index (χ2n) is 3.79. The zero-order valence-electron chi connectivity index (χ0n) is 9.51. The van der Waals surface area contributed by atoms with E-state index in [1.54, 1.807) is 7.11 Å². The quantitative estimate of drug-likeness (QED) is 0.914. The molecule has 0 aliphatic heterocycles. The summed E-state index contributed by atoms with van der Waals surface area (Å²) in [6, 6.07) is 4.34. The van der Waals surface area contributed by atoms with Crippen LogP contribution in [0.1, 0.15) is 24.5 Å². The van der Waals surface area contributed by atoms with Gasteiger partial charge >= 0.3 is 0 Å². The van der Waals surface area contributed by atoms with Crippen LogP contribution in [0.5, 0.6) is 5.75 Å². The van der Waals surface area contributed by atoms with Crippen molar-refractivity contribution in [3.05, 3.63) is 27.7 Å². The molecule has 0 aromatic heterocycles. The molecule has 2 nitrogen and oxygen atoms in total. The summed E-state index contributed by atoms with van der Waals surface area (Å²) < 4.78 is 6.48. The highest BCUT2D eigenvalue weighted by Crippen LogP contribution is 2.28. The highest BCUT2D eigenvalue weighted by Gasteiger charge is 2.10. The largest absolute Gasteiger partial charge is 0.496 e. The first-order chi connectivity index (χ1) is 7.08. The van der Waals surface area contributed by atoms with E-state index in [4.69, 9.17) is 10.5 Å². The first-order valence-corrected chi connectivity index (χ1v) is 5.96. The summed E-state index contributed by atoms with van der Waals surface area (Å²) >= 11 is 3.49. The Morgan fingerprint density at radius 3 is 2.67 bits per heavy atom. The Kier molecular flexibility index (Phi) is 4.61. The zero-order chi connectivity index (χ0) is 11.4. The van der Waals surface area contributed by atoms with Crippen molar-refractivity contribution in [1.29, 1.82) is 0 Å². The van der Waals surface area contributed by atoms with Gasteiger partial charge in [0.05, 0.1) is 7.11 Å². The number of methoxy groups -OCH3 is 1. The number of hydrogen-bond donors (Lipinski definition) is 1. The lowest BCUT2D eigenvalue weighted by Crippen LogP contribution is -2.21. The van der Waals surface area contributed by atoms with Crippen molar-refractivity contribution in [2.24, 2.45) is 5.73 Å². The van der Waals surface area contributed by atoms with Crippen molar-refractivity contribution in [1.82, 2.24) is 0 Å². The molecule has 0 saturated heterocycles. The molecule has 1 rings (SSSR count). The molecule has 84 valence electrons. The molecule has 0 radical (unpaired) electrons. The van der Waals surface area contributed by atoms with Crippen LogP contribution in [-0.4, -0.2) is 13.2 Å². The van der Waals surface area contributed by atoms with Gasteiger partial charge in [-0.05, 0) is 43.0 Å². The van der Waals surface area contributed by atoms with Gasteiger partial charge in [-0.2, -0.15) is 0 Å². The van der Waals surface area contributed by atoms with E-state index < -0.39 is 0 Å². The maximum absolute atomic E-state index is 5.96. The van der Waals surface area contributed by atoms with Crippen molar-refractivity contribution in [2.45, 2.75) is 32.7 Å². The lowest BCUT2D eigenvalue weighted by atomic mass is 10.0. The third-order valence-electron chi connectivity index (χ3n) is 2.53. The van der Waals surface area contributed by atoms with E-state index in [1.165, 1.54) is 5.56 Å². The van der Waals surface area contributed by atoms with Gasteiger partial charge in [-0.15, -0.1) is 0 Å². The Balaban J connectivity index is 3.03. The van der Waals surface area contributed by atoms with Crippen LogP contribution in [0.3, 0.4) is 0 Å². The van der Waals surface area contributed by atoms with Crippen molar-refractivity contribution < 1.29 is 4.74 Å². The summed E-state index contributed by atoms with van der Waals surface area (Å²) in [7, 11) is 1.71. The van der Waals surface area contributed by atoms with Crippen LogP contribution >= 0.6 is 15.9 Å². The van der Waals surface area contributed by atoms with Gasteiger partial charge < -0.3 is 10.5 Å². The number of halogens is 1. The van der Waals surface area contributed by atoms with Crippen LogP contribution in [0.2, 0.25) is 0 Å². The fourth-order valence-corrected chi connectivity index (χ4v) is 2.29. The van der Waals surface area contributed by atoms with Crippen molar-refractivity contribution in [2.75, 3.05) is 7.11 Å². The summed E-state index contributed by atoms with van der Waals surface area (Å²) in [5.41, 5.74) is 8.28. The maximum atomic E-state index is 5.96. The topological polar surface area (TPSA) is 35.2 Å². The van der Waals surface area contributed by atoms with Gasteiger partial charge in [0, 0.05) is 10.5 Å². The fourth-order valence-electron chi connectivity index (χ4n) is 1.67. The average molecular weight is 272 g/mol. The van der Waals surface area contributed by atoms with Gasteiger partial charge in [0.2, 0.25) is 0 Å². The lowest BCUT2D eigenvalue weighted by Gasteiger charge is -2.15. The standard InChI is InChI=1S/C12H18BrNO/c1-4-11(14)7-9-6-10(13)5-8(2)12(9)15-3/h5-6,11H,4,7,14H2,1-3H3. The third kappa shape index (κ3) is 3.21. The molecule has 0 bridgehead atoms. The first kappa shape index (κ1) is 12.5. The number of rotatable bonds is 4. The number of ether oxygens (including phenoxy) is 1. The highest BCUT2D eigenvalue weighted by atomic mass is 79.9. The number of nitrogens with two attached hydrogens (primary N) is 1. The summed E-state index contributed by atoms with van der Waals surface area (Å²) in [6.45, 7) is 4.15. The molecule has 1 atom stereocenters. The Hall–Kier alpha value is -0.540. The Morgan fingerprint density at radius 2 is 2.13 bits per heavy atom. The molecule has 2 N–H and O–H groups in total. The molecule has 0 aliphatic rings. The summed E-state index contributed by atoms with van der Waals surface area (Å²) in [5, 5.41) is 0. The molecule has 1 unspecified atom stereocenters. The second kappa shape index (κ2) is 5.52. The molecule has 0 fully saturated rings. The molecule has 0 aliphatic carbocycles. The molecule has 0 saturated carbocycles. The number of aryl methyl sites for hydroxylation is 1. The minimum atomic E-state index is 0.201. The summed E-state index contributed by atoms with van der Waals surface area (Å²) in [5.74, 6) is 0.960. The van der Waals surface area contributed by atoms with Crippen LogP contribution in [-0.2, 0) is 6.42 Å². The molecule has 15 heavy (non-hydrogen) atoms. The van der Waals surface area contributed by atoms with E-state index in [2.05, 4.69) is 35.0 Å². The smallest absolute Gasteiger partial charge is 0.125 e.